The topological polar surface area (TPSA) is 182 Å². The van der Waals surface area contributed by atoms with E-state index in [0.717, 1.165) is 41.7 Å². The second-order valence-corrected chi connectivity index (χ2v) is 15.2. The Morgan fingerprint density at radius 2 is 1.77 bits per heavy atom. The molecule has 18 heteroatoms. The van der Waals surface area contributed by atoms with E-state index >= 15 is 0 Å². The van der Waals surface area contributed by atoms with Crippen molar-refractivity contribution in [3.63, 3.8) is 0 Å². The number of primary amides is 1. The molecule has 3 aliphatic heterocycles. The zero-order valence-electron chi connectivity index (χ0n) is 31.5. The van der Waals surface area contributed by atoms with Crippen molar-refractivity contribution in [2.45, 2.75) is 65.0 Å². The first-order valence-corrected chi connectivity index (χ1v) is 19.0. The van der Waals surface area contributed by atoms with Gasteiger partial charge in [-0.3, -0.25) is 34.2 Å². The number of nitrogens with one attached hydrogen (secondary N) is 2. The number of anilines is 2. The van der Waals surface area contributed by atoms with E-state index in [-0.39, 0.29) is 41.0 Å². The molecule has 1 aromatic heterocycles. The summed E-state index contributed by atoms with van der Waals surface area (Å²) in [6.07, 6.45) is 1.64. The summed E-state index contributed by atoms with van der Waals surface area (Å²) in [7, 11) is 0. The van der Waals surface area contributed by atoms with Gasteiger partial charge in [0.05, 0.1) is 41.3 Å². The number of benzene rings is 2. The zero-order chi connectivity index (χ0) is 40.7. The van der Waals surface area contributed by atoms with Gasteiger partial charge in [-0.05, 0) is 63.3 Å². The minimum atomic E-state index is -1.17. The van der Waals surface area contributed by atoms with Crippen LogP contribution in [0.3, 0.4) is 0 Å². The van der Waals surface area contributed by atoms with Crippen molar-refractivity contribution in [3.05, 3.63) is 58.2 Å². The lowest BCUT2D eigenvalue weighted by molar-refractivity contribution is -0.136. The largest absolute Gasteiger partial charge is 0.480 e. The van der Waals surface area contributed by atoms with Gasteiger partial charge in [0.2, 0.25) is 17.6 Å². The van der Waals surface area contributed by atoms with Crippen molar-refractivity contribution in [2.24, 2.45) is 11.7 Å². The van der Waals surface area contributed by atoms with Gasteiger partial charge in [-0.2, -0.15) is 4.39 Å². The molecule has 3 aliphatic rings. The van der Waals surface area contributed by atoms with Crippen LogP contribution in [-0.2, 0) is 23.9 Å². The number of ether oxygens (including phenoxy) is 3. The Morgan fingerprint density at radius 1 is 1.07 bits per heavy atom. The van der Waals surface area contributed by atoms with Gasteiger partial charge < -0.3 is 30.2 Å². The van der Waals surface area contributed by atoms with E-state index in [0.29, 0.717) is 44.4 Å². The standard InChI is InChI=1S/C23H30FN3O5.C15H15F2N3O3S/c1-13(2)7-10-32-23(3,4)8-9-25-17-12-15-14(11-16(17)24)21(30)27(22(15)31)18-5-6-19(28)26-20(18)29;16-10-2-1-9(14(13(10)17)23-7-12(18)21)11-8-24-15(19-11)20-3-5-22-6-4-20/h11-13,18,25H,5-10H2,1-4H3,(H,26,28,29);1-2,8H,3-7H2,(H2,18,21). The molecule has 2 fully saturated rings. The number of amides is 5. The Morgan fingerprint density at radius 3 is 2.43 bits per heavy atom. The van der Waals surface area contributed by atoms with Crippen LogP contribution in [0.1, 0.15) is 74.1 Å². The van der Waals surface area contributed by atoms with E-state index in [4.69, 9.17) is 19.9 Å². The molecule has 14 nitrogen and oxygen atoms in total. The van der Waals surface area contributed by atoms with Crippen LogP contribution in [0.2, 0.25) is 0 Å². The molecular formula is C38H45F3N6O8S. The first-order chi connectivity index (χ1) is 26.6. The summed E-state index contributed by atoms with van der Waals surface area (Å²) in [6, 6.07) is 3.61. The molecule has 1 unspecified atom stereocenters. The number of morpholine rings is 1. The van der Waals surface area contributed by atoms with Gasteiger partial charge in [0.25, 0.3) is 17.7 Å². The number of rotatable bonds is 14. The number of aromatic nitrogens is 1. The quantitative estimate of drug-likeness (QED) is 0.193. The van der Waals surface area contributed by atoms with Gasteiger partial charge >= 0.3 is 0 Å². The van der Waals surface area contributed by atoms with Crippen LogP contribution in [0.4, 0.5) is 24.0 Å². The summed E-state index contributed by atoms with van der Waals surface area (Å²) in [4.78, 5) is 67.3. The van der Waals surface area contributed by atoms with Gasteiger partial charge in [-0.1, -0.05) is 13.8 Å². The van der Waals surface area contributed by atoms with Gasteiger partial charge in [0.1, 0.15) is 11.9 Å². The van der Waals surface area contributed by atoms with Crippen LogP contribution in [0.5, 0.6) is 5.75 Å². The van der Waals surface area contributed by atoms with Crippen molar-refractivity contribution in [3.8, 4) is 17.0 Å². The Hall–Kier alpha value is -5.07. The third kappa shape index (κ3) is 10.2. The van der Waals surface area contributed by atoms with Crippen LogP contribution >= 0.6 is 11.3 Å². The summed E-state index contributed by atoms with van der Waals surface area (Å²) < 4.78 is 58.5. The predicted octanol–water partition coefficient (Wildman–Crippen LogP) is 4.66. The average molecular weight is 803 g/mol. The maximum atomic E-state index is 14.7. The number of piperidine rings is 1. The monoisotopic (exact) mass is 802 g/mol. The van der Waals surface area contributed by atoms with E-state index in [1.165, 1.54) is 23.5 Å². The highest BCUT2D eigenvalue weighted by Crippen LogP contribution is 2.37. The number of thiazole rings is 1. The van der Waals surface area contributed by atoms with E-state index in [2.05, 4.69) is 34.4 Å². The highest BCUT2D eigenvalue weighted by atomic mass is 32.1. The summed E-state index contributed by atoms with van der Waals surface area (Å²) in [5, 5.41) is 7.61. The number of nitrogens with two attached hydrogens (primary N) is 1. The molecular weight excluding hydrogens is 758 g/mol. The number of carbonyl (C=O) groups excluding carboxylic acids is 5. The van der Waals surface area contributed by atoms with Crippen molar-refractivity contribution in [1.82, 2.24) is 15.2 Å². The number of hydrogen-bond donors (Lipinski definition) is 3. The van der Waals surface area contributed by atoms with E-state index in [9.17, 15) is 37.1 Å². The molecule has 4 heterocycles. The predicted molar refractivity (Wildman–Crippen MR) is 201 cm³/mol. The average Bonchev–Trinajstić information content (AvgIpc) is 3.72. The number of carbonyl (C=O) groups is 5. The highest BCUT2D eigenvalue weighted by Gasteiger charge is 2.45. The number of fused-ring (bicyclic) bond motifs is 1. The molecule has 0 spiro atoms. The van der Waals surface area contributed by atoms with Gasteiger partial charge in [-0.25, -0.2) is 13.8 Å². The number of halogens is 3. The number of imide groups is 2. The zero-order valence-corrected chi connectivity index (χ0v) is 32.4. The maximum Gasteiger partial charge on any atom is 0.262 e. The van der Waals surface area contributed by atoms with Crippen LogP contribution in [0.25, 0.3) is 11.3 Å². The lowest BCUT2D eigenvalue weighted by Crippen LogP contribution is -2.54. The van der Waals surface area contributed by atoms with Gasteiger partial charge in [0, 0.05) is 43.6 Å². The van der Waals surface area contributed by atoms with Crippen LogP contribution in [0, 0.1) is 23.4 Å². The molecule has 0 radical (unpaired) electrons. The molecule has 2 saturated heterocycles. The summed E-state index contributed by atoms with van der Waals surface area (Å²) >= 11 is 1.39. The Balaban J connectivity index is 0.000000223. The second kappa shape index (κ2) is 18.3. The molecule has 2 aromatic carbocycles. The minimum absolute atomic E-state index is 0.0278. The minimum Gasteiger partial charge on any atom is -0.480 e. The molecule has 56 heavy (non-hydrogen) atoms. The Bertz CT molecular complexity index is 1970. The first-order valence-electron chi connectivity index (χ1n) is 18.2. The van der Waals surface area contributed by atoms with Crippen LogP contribution in [-0.4, -0.2) is 97.1 Å². The van der Waals surface area contributed by atoms with Crippen molar-refractivity contribution in [2.75, 3.05) is 56.3 Å². The SMILES string of the molecule is CC(C)CCOC(C)(C)CCNc1cc2c(cc1F)C(=O)N(C1CCC(=O)NC1=O)C2=O.NC(=O)COc1c(-c2csc(N3CCOCC3)n2)ccc(F)c1F. The van der Waals surface area contributed by atoms with Crippen molar-refractivity contribution in [1.29, 1.82) is 0 Å². The maximum absolute atomic E-state index is 14.7. The Kier molecular flexibility index (Phi) is 13.7. The molecule has 1 atom stereocenters. The van der Waals surface area contributed by atoms with Gasteiger partial charge in [0.15, 0.2) is 23.3 Å². The fourth-order valence-corrected chi connectivity index (χ4v) is 6.95. The fraction of sp³-hybridized carbons (Fsp3) is 0.474. The molecule has 5 amide bonds. The number of nitrogens with zero attached hydrogens (tertiary/aromatic N) is 3. The van der Waals surface area contributed by atoms with E-state index in [1.54, 1.807) is 5.38 Å². The van der Waals surface area contributed by atoms with E-state index < -0.39 is 65.2 Å². The lowest BCUT2D eigenvalue weighted by atomic mass is 10.0. The molecule has 4 N–H and O–H groups in total. The molecule has 0 aliphatic carbocycles. The fourth-order valence-electron chi connectivity index (χ4n) is 6.07. The second-order valence-electron chi connectivity index (χ2n) is 14.4. The normalized spacial score (nSPS) is 17.1. The van der Waals surface area contributed by atoms with Gasteiger partial charge in [-0.15, -0.1) is 11.3 Å². The van der Waals surface area contributed by atoms with Crippen LogP contribution < -0.4 is 26.0 Å². The summed E-state index contributed by atoms with van der Waals surface area (Å²) in [5.41, 5.74) is 5.38. The van der Waals surface area contributed by atoms with E-state index in [1.807, 2.05) is 13.8 Å². The first kappa shape index (κ1) is 42.1. The summed E-state index contributed by atoms with van der Waals surface area (Å²) in [5.74, 6) is -6.05. The van der Waals surface area contributed by atoms with Crippen LogP contribution in [0.15, 0.2) is 29.6 Å². The molecule has 6 rings (SSSR count). The highest BCUT2D eigenvalue weighted by molar-refractivity contribution is 7.14. The third-order valence-electron chi connectivity index (χ3n) is 9.22. The Labute approximate surface area is 325 Å². The lowest BCUT2D eigenvalue weighted by Gasteiger charge is -2.27. The molecule has 0 bridgehead atoms. The smallest absolute Gasteiger partial charge is 0.262 e. The summed E-state index contributed by atoms with van der Waals surface area (Å²) in [6.45, 7) is 11.4. The third-order valence-corrected chi connectivity index (χ3v) is 10.1. The molecule has 0 saturated carbocycles. The van der Waals surface area contributed by atoms with Crippen molar-refractivity contribution < 1.29 is 51.4 Å². The molecule has 302 valence electrons. The number of hydrogen-bond acceptors (Lipinski definition) is 12. The van der Waals surface area contributed by atoms with Crippen molar-refractivity contribution >= 4 is 51.7 Å². The molecule has 3 aromatic rings.